The zero-order valence-electron chi connectivity index (χ0n) is 11.0. The van der Waals surface area contributed by atoms with Crippen molar-refractivity contribution in [2.24, 2.45) is 0 Å². The minimum atomic E-state index is -0.961. The second kappa shape index (κ2) is 4.49. The van der Waals surface area contributed by atoms with E-state index in [1.165, 1.54) is 0 Å². The Bertz CT molecular complexity index is 769. The predicted molar refractivity (Wildman–Crippen MR) is 79.9 cm³/mol. The molecule has 2 atom stereocenters. The number of nitrogens with zero attached hydrogens (tertiary/aromatic N) is 2. The molecule has 2 bridgehead atoms. The van der Waals surface area contributed by atoms with E-state index in [0.717, 1.165) is 36.2 Å². The Hall–Kier alpha value is -1.52. The molecule has 4 nitrogen and oxygen atoms in total. The van der Waals surface area contributed by atoms with Crippen LogP contribution in [0.5, 0.6) is 0 Å². The quantitative estimate of drug-likeness (QED) is 0.899. The van der Waals surface area contributed by atoms with E-state index < -0.39 is 5.97 Å². The van der Waals surface area contributed by atoms with Gasteiger partial charge in [0.1, 0.15) is 0 Å². The topological polar surface area (TPSA) is 55.1 Å². The lowest BCUT2D eigenvalue weighted by atomic mass is 9.95. The normalized spacial score (nSPS) is 22.6. The minimum Gasteiger partial charge on any atom is -0.476 e. The number of aromatic nitrogens is 2. The van der Waals surface area contributed by atoms with Crippen molar-refractivity contribution in [3.8, 4) is 5.69 Å². The van der Waals surface area contributed by atoms with Crippen molar-refractivity contribution < 1.29 is 9.90 Å². The van der Waals surface area contributed by atoms with Crippen molar-refractivity contribution in [2.75, 3.05) is 0 Å². The van der Waals surface area contributed by atoms with Gasteiger partial charge in [-0.3, -0.25) is 0 Å². The second-order valence-corrected chi connectivity index (χ2v) is 6.48. The summed E-state index contributed by atoms with van der Waals surface area (Å²) < 4.78 is 1.74. The van der Waals surface area contributed by atoms with Crippen LogP contribution in [0.4, 0.5) is 0 Å². The van der Waals surface area contributed by atoms with Gasteiger partial charge in [0.15, 0.2) is 5.69 Å². The molecule has 108 valence electrons. The Kier molecular flexibility index (Phi) is 2.81. The summed E-state index contributed by atoms with van der Waals surface area (Å²) in [6, 6.07) is 5.26. The number of carboxylic acids is 1. The van der Waals surface area contributed by atoms with Crippen LogP contribution in [0, 0.1) is 0 Å². The van der Waals surface area contributed by atoms with Crippen LogP contribution in [0.1, 0.15) is 52.8 Å². The third-order valence-electron chi connectivity index (χ3n) is 4.54. The first kappa shape index (κ1) is 13.2. The summed E-state index contributed by atoms with van der Waals surface area (Å²) in [6.45, 7) is 0. The molecular weight excluding hydrogens is 311 g/mol. The molecule has 2 aliphatic rings. The standard InChI is InChI=1S/C15H12Cl2N2O2/c16-10-4-3-9(6-11(10)17)19-14-8-2-1-7(5-8)12(14)13(18-19)15(20)21/h3-4,6-8H,1-2,5H2,(H,20,21). The zero-order valence-corrected chi connectivity index (χ0v) is 12.5. The van der Waals surface area contributed by atoms with Gasteiger partial charge in [0.05, 0.1) is 21.4 Å². The average Bonchev–Trinajstić information content (AvgIpc) is 3.12. The lowest BCUT2D eigenvalue weighted by molar-refractivity contribution is 0.0688. The van der Waals surface area contributed by atoms with Crippen molar-refractivity contribution >= 4 is 29.2 Å². The summed E-state index contributed by atoms with van der Waals surface area (Å²) in [5.74, 6) is -0.217. The largest absolute Gasteiger partial charge is 0.476 e. The Labute approximate surface area is 131 Å². The molecule has 2 aromatic rings. The SMILES string of the molecule is O=C(O)c1nn(-c2ccc(Cl)c(Cl)c2)c2c1C1CCC2C1. The van der Waals surface area contributed by atoms with Gasteiger partial charge >= 0.3 is 5.97 Å². The molecule has 1 aromatic carbocycles. The molecule has 0 aliphatic heterocycles. The van der Waals surface area contributed by atoms with Crippen molar-refractivity contribution in [3.63, 3.8) is 0 Å². The Morgan fingerprint density at radius 1 is 1.24 bits per heavy atom. The second-order valence-electron chi connectivity index (χ2n) is 5.67. The molecule has 1 aromatic heterocycles. The predicted octanol–water partition coefficient (Wildman–Crippen LogP) is 4.24. The Morgan fingerprint density at radius 2 is 2.00 bits per heavy atom. The number of halogens is 2. The van der Waals surface area contributed by atoms with Crippen molar-refractivity contribution in [1.29, 1.82) is 0 Å². The van der Waals surface area contributed by atoms with Crippen LogP contribution in [0.3, 0.4) is 0 Å². The van der Waals surface area contributed by atoms with E-state index in [0.29, 0.717) is 21.9 Å². The van der Waals surface area contributed by atoms with Gasteiger partial charge in [0.25, 0.3) is 0 Å². The first-order valence-electron chi connectivity index (χ1n) is 6.87. The minimum absolute atomic E-state index is 0.184. The van der Waals surface area contributed by atoms with Gasteiger partial charge in [-0.1, -0.05) is 23.2 Å². The molecule has 2 unspecified atom stereocenters. The van der Waals surface area contributed by atoms with Gasteiger partial charge in [-0.2, -0.15) is 5.10 Å². The molecule has 6 heteroatoms. The van der Waals surface area contributed by atoms with Crippen molar-refractivity contribution in [2.45, 2.75) is 31.1 Å². The van der Waals surface area contributed by atoms with E-state index in [1.807, 2.05) is 6.07 Å². The van der Waals surface area contributed by atoms with Crippen molar-refractivity contribution in [3.05, 3.63) is 45.2 Å². The van der Waals surface area contributed by atoms with Crippen LogP contribution in [-0.4, -0.2) is 20.9 Å². The van der Waals surface area contributed by atoms with E-state index in [-0.39, 0.29) is 5.69 Å². The molecule has 1 N–H and O–H groups in total. The number of hydrogen-bond acceptors (Lipinski definition) is 2. The van der Waals surface area contributed by atoms with Gasteiger partial charge in [0.2, 0.25) is 0 Å². The van der Waals surface area contributed by atoms with Gasteiger partial charge in [-0.05, 0) is 43.4 Å². The molecular formula is C15H12Cl2N2O2. The molecule has 1 saturated carbocycles. The molecule has 0 spiro atoms. The van der Waals surface area contributed by atoms with Crippen molar-refractivity contribution in [1.82, 2.24) is 9.78 Å². The van der Waals surface area contributed by atoms with Crippen LogP contribution in [0.15, 0.2) is 18.2 Å². The number of aromatic carboxylic acids is 1. The average molecular weight is 323 g/mol. The molecule has 4 rings (SSSR count). The van der Waals surface area contributed by atoms with E-state index in [4.69, 9.17) is 23.2 Å². The van der Waals surface area contributed by atoms with Gasteiger partial charge < -0.3 is 5.11 Å². The third-order valence-corrected chi connectivity index (χ3v) is 5.28. The summed E-state index contributed by atoms with van der Waals surface area (Å²) in [5.41, 5.74) is 2.91. The van der Waals surface area contributed by atoms with Crippen LogP contribution in [-0.2, 0) is 0 Å². The van der Waals surface area contributed by atoms with Gasteiger partial charge in [0, 0.05) is 11.5 Å². The first-order valence-corrected chi connectivity index (χ1v) is 7.63. The maximum absolute atomic E-state index is 11.5. The molecule has 1 heterocycles. The highest BCUT2D eigenvalue weighted by Crippen LogP contribution is 2.54. The smallest absolute Gasteiger partial charge is 0.356 e. The highest BCUT2D eigenvalue weighted by molar-refractivity contribution is 6.42. The molecule has 21 heavy (non-hydrogen) atoms. The maximum atomic E-state index is 11.5. The number of rotatable bonds is 2. The fourth-order valence-corrected chi connectivity index (χ4v) is 3.99. The molecule has 0 amide bonds. The molecule has 1 fully saturated rings. The Morgan fingerprint density at radius 3 is 2.71 bits per heavy atom. The van der Waals surface area contributed by atoms with E-state index in [2.05, 4.69) is 5.10 Å². The third kappa shape index (κ3) is 1.82. The number of carboxylic acid groups (broad SMARTS) is 1. The number of benzene rings is 1. The highest BCUT2D eigenvalue weighted by atomic mass is 35.5. The summed E-state index contributed by atoms with van der Waals surface area (Å²) >= 11 is 12.0. The Balaban J connectivity index is 1.94. The van der Waals surface area contributed by atoms with Crippen LogP contribution in [0.2, 0.25) is 10.0 Å². The summed E-state index contributed by atoms with van der Waals surface area (Å²) in [4.78, 5) is 11.5. The lowest BCUT2D eigenvalue weighted by Crippen LogP contribution is -2.06. The summed E-state index contributed by atoms with van der Waals surface area (Å²) in [5, 5.41) is 14.7. The lowest BCUT2D eigenvalue weighted by Gasteiger charge is -2.14. The summed E-state index contributed by atoms with van der Waals surface area (Å²) in [6.07, 6.45) is 3.20. The monoisotopic (exact) mass is 322 g/mol. The van der Waals surface area contributed by atoms with E-state index in [9.17, 15) is 9.90 Å². The first-order chi connectivity index (χ1) is 10.1. The molecule has 0 saturated heterocycles. The fourth-order valence-electron chi connectivity index (χ4n) is 3.70. The molecule has 2 aliphatic carbocycles. The van der Waals surface area contributed by atoms with Crippen LogP contribution in [0.25, 0.3) is 5.69 Å². The van der Waals surface area contributed by atoms with E-state index in [1.54, 1.807) is 16.8 Å². The number of carbonyl (C=O) groups is 1. The number of fused-ring (bicyclic) bond motifs is 5. The number of hydrogen-bond donors (Lipinski definition) is 1. The highest BCUT2D eigenvalue weighted by Gasteiger charge is 2.44. The van der Waals surface area contributed by atoms with Gasteiger partial charge in [-0.15, -0.1) is 0 Å². The zero-order chi connectivity index (χ0) is 14.7. The summed E-state index contributed by atoms with van der Waals surface area (Å²) in [7, 11) is 0. The molecule has 0 radical (unpaired) electrons. The van der Waals surface area contributed by atoms with Crippen LogP contribution >= 0.6 is 23.2 Å². The van der Waals surface area contributed by atoms with Crippen LogP contribution < -0.4 is 0 Å². The maximum Gasteiger partial charge on any atom is 0.356 e. The van der Waals surface area contributed by atoms with E-state index >= 15 is 0 Å². The van der Waals surface area contributed by atoms with Gasteiger partial charge in [-0.25, -0.2) is 9.48 Å². The fraction of sp³-hybridized carbons (Fsp3) is 0.333.